The SMILES string of the molecule is CC#Cc1cc2cnc(C(=O)N[C@@H]3C4CCN(CC4)[C@H]3C)cc2o1. The predicted octanol–water partition coefficient (Wildman–Crippen LogP) is 2.41. The first-order chi connectivity index (χ1) is 11.7. The van der Waals surface area contributed by atoms with E-state index >= 15 is 0 Å². The maximum atomic E-state index is 12.6. The predicted molar refractivity (Wildman–Crippen MR) is 91.6 cm³/mol. The van der Waals surface area contributed by atoms with Gasteiger partial charge in [-0.05, 0) is 51.6 Å². The lowest BCUT2D eigenvalue weighted by Crippen LogP contribution is -2.62. The quantitative estimate of drug-likeness (QED) is 0.862. The van der Waals surface area contributed by atoms with Crippen molar-refractivity contribution in [3.63, 3.8) is 0 Å². The van der Waals surface area contributed by atoms with Crippen LogP contribution in [0.25, 0.3) is 11.0 Å². The molecule has 24 heavy (non-hydrogen) atoms. The average Bonchev–Trinajstić information content (AvgIpc) is 3.00. The van der Waals surface area contributed by atoms with Gasteiger partial charge in [-0.1, -0.05) is 5.92 Å². The second-order valence-corrected chi connectivity index (χ2v) is 6.71. The van der Waals surface area contributed by atoms with E-state index in [4.69, 9.17) is 4.42 Å². The molecule has 0 aliphatic carbocycles. The van der Waals surface area contributed by atoms with Gasteiger partial charge in [-0.3, -0.25) is 14.7 Å². The van der Waals surface area contributed by atoms with Crippen molar-refractivity contribution < 1.29 is 9.21 Å². The number of carbonyl (C=O) groups excluding carboxylic acids is 1. The molecule has 3 saturated heterocycles. The Kier molecular flexibility index (Phi) is 3.78. The largest absolute Gasteiger partial charge is 0.448 e. The lowest BCUT2D eigenvalue weighted by atomic mass is 9.79. The zero-order valence-corrected chi connectivity index (χ0v) is 14.0. The normalized spacial score (nSPS) is 28.4. The molecule has 0 unspecified atom stereocenters. The van der Waals surface area contributed by atoms with Crippen molar-refractivity contribution in [1.82, 2.24) is 15.2 Å². The number of aromatic nitrogens is 1. The third-order valence-electron chi connectivity index (χ3n) is 5.36. The van der Waals surface area contributed by atoms with E-state index < -0.39 is 0 Å². The fourth-order valence-electron chi connectivity index (χ4n) is 4.01. The molecule has 3 aliphatic heterocycles. The Morgan fingerprint density at radius 3 is 2.88 bits per heavy atom. The number of hydrogen-bond acceptors (Lipinski definition) is 4. The van der Waals surface area contributed by atoms with Crippen molar-refractivity contribution in [3.8, 4) is 11.8 Å². The van der Waals surface area contributed by atoms with Crippen LogP contribution < -0.4 is 5.32 Å². The highest BCUT2D eigenvalue weighted by atomic mass is 16.3. The molecule has 3 aliphatic rings. The van der Waals surface area contributed by atoms with Crippen LogP contribution in [0, 0.1) is 17.8 Å². The molecule has 5 heteroatoms. The van der Waals surface area contributed by atoms with E-state index in [1.54, 1.807) is 19.2 Å². The van der Waals surface area contributed by atoms with Gasteiger partial charge in [0, 0.05) is 35.8 Å². The third-order valence-corrected chi connectivity index (χ3v) is 5.36. The molecule has 5 rings (SSSR count). The second-order valence-electron chi connectivity index (χ2n) is 6.71. The zero-order chi connectivity index (χ0) is 16.7. The molecule has 1 amide bonds. The Morgan fingerprint density at radius 2 is 2.17 bits per heavy atom. The summed E-state index contributed by atoms with van der Waals surface area (Å²) in [6.07, 6.45) is 4.01. The molecule has 3 fully saturated rings. The van der Waals surface area contributed by atoms with Crippen molar-refractivity contribution in [1.29, 1.82) is 0 Å². The van der Waals surface area contributed by atoms with Crippen molar-refractivity contribution >= 4 is 16.9 Å². The number of carbonyl (C=O) groups is 1. The lowest BCUT2D eigenvalue weighted by Gasteiger charge is -2.49. The van der Waals surface area contributed by atoms with Crippen LogP contribution >= 0.6 is 0 Å². The molecule has 5 nitrogen and oxygen atoms in total. The van der Waals surface area contributed by atoms with E-state index in [1.807, 2.05) is 6.07 Å². The van der Waals surface area contributed by atoms with Crippen LogP contribution in [0.3, 0.4) is 0 Å². The Morgan fingerprint density at radius 1 is 1.38 bits per heavy atom. The van der Waals surface area contributed by atoms with E-state index in [9.17, 15) is 4.79 Å². The van der Waals surface area contributed by atoms with Gasteiger partial charge >= 0.3 is 0 Å². The smallest absolute Gasteiger partial charge is 0.270 e. The summed E-state index contributed by atoms with van der Waals surface area (Å²) in [5.41, 5.74) is 1.05. The van der Waals surface area contributed by atoms with Crippen LogP contribution in [0.15, 0.2) is 22.7 Å². The number of piperidine rings is 3. The van der Waals surface area contributed by atoms with Gasteiger partial charge in [-0.2, -0.15) is 0 Å². The van der Waals surface area contributed by atoms with E-state index in [1.165, 1.54) is 12.8 Å². The molecule has 2 atom stereocenters. The van der Waals surface area contributed by atoms with Crippen LogP contribution in [-0.4, -0.2) is 41.0 Å². The van der Waals surface area contributed by atoms with Gasteiger partial charge in [-0.25, -0.2) is 0 Å². The first-order valence-corrected chi connectivity index (χ1v) is 8.53. The van der Waals surface area contributed by atoms with E-state index in [-0.39, 0.29) is 11.9 Å². The molecule has 1 N–H and O–H groups in total. The Bertz CT molecular complexity index is 835. The maximum Gasteiger partial charge on any atom is 0.270 e. The van der Waals surface area contributed by atoms with E-state index in [0.29, 0.717) is 29.0 Å². The molecule has 0 radical (unpaired) electrons. The highest BCUT2D eigenvalue weighted by molar-refractivity contribution is 5.95. The molecular formula is C19H21N3O2. The average molecular weight is 323 g/mol. The van der Waals surface area contributed by atoms with Crippen molar-refractivity contribution in [2.75, 3.05) is 13.1 Å². The Labute approximate surface area is 141 Å². The molecule has 0 spiro atoms. The molecule has 0 aromatic carbocycles. The van der Waals surface area contributed by atoms with E-state index in [2.05, 4.69) is 34.0 Å². The van der Waals surface area contributed by atoms with Crippen molar-refractivity contribution in [2.24, 2.45) is 5.92 Å². The van der Waals surface area contributed by atoms with Crippen LogP contribution in [0.1, 0.15) is 42.9 Å². The minimum Gasteiger partial charge on any atom is -0.448 e. The summed E-state index contributed by atoms with van der Waals surface area (Å²) in [7, 11) is 0. The van der Waals surface area contributed by atoms with Crippen molar-refractivity contribution in [3.05, 3.63) is 29.8 Å². The minimum atomic E-state index is -0.123. The summed E-state index contributed by atoms with van der Waals surface area (Å²) in [5, 5.41) is 4.06. The molecule has 2 bridgehead atoms. The standard InChI is InChI=1S/C19H21N3O2/c1-3-4-15-9-14-11-20-16(10-17(14)24-15)19(23)21-18-12(2)22-7-5-13(18)6-8-22/h9-13,18H,5-8H2,1-2H3,(H,21,23)/t12-,18-/m0/s1. The molecule has 2 aromatic heterocycles. The zero-order valence-electron chi connectivity index (χ0n) is 14.0. The number of nitrogens with zero attached hydrogens (tertiary/aromatic N) is 2. The van der Waals surface area contributed by atoms with Crippen molar-refractivity contribution in [2.45, 2.75) is 38.8 Å². The summed E-state index contributed by atoms with van der Waals surface area (Å²) in [5.74, 6) is 6.74. The Hall–Kier alpha value is -2.32. The van der Waals surface area contributed by atoms with Gasteiger partial charge < -0.3 is 9.73 Å². The number of pyridine rings is 1. The Balaban J connectivity index is 1.55. The van der Waals surface area contributed by atoms with Crippen LogP contribution in [0.4, 0.5) is 0 Å². The van der Waals surface area contributed by atoms with Gasteiger partial charge in [-0.15, -0.1) is 0 Å². The highest BCUT2D eigenvalue weighted by Gasteiger charge is 2.40. The number of hydrogen-bond donors (Lipinski definition) is 1. The van der Waals surface area contributed by atoms with Gasteiger partial charge in [0.05, 0.1) is 0 Å². The van der Waals surface area contributed by atoms with Gasteiger partial charge in [0.25, 0.3) is 5.91 Å². The first kappa shape index (κ1) is 15.2. The van der Waals surface area contributed by atoms with Gasteiger partial charge in [0.2, 0.25) is 0 Å². The van der Waals surface area contributed by atoms with Gasteiger partial charge in [0.1, 0.15) is 11.3 Å². The molecule has 0 saturated carbocycles. The summed E-state index contributed by atoms with van der Waals surface area (Å²) in [4.78, 5) is 19.4. The molecular weight excluding hydrogens is 302 g/mol. The topological polar surface area (TPSA) is 58.4 Å². The van der Waals surface area contributed by atoms with Gasteiger partial charge in [0.15, 0.2) is 5.76 Å². The number of nitrogens with one attached hydrogen (secondary N) is 1. The lowest BCUT2D eigenvalue weighted by molar-refractivity contribution is 0.0216. The van der Waals surface area contributed by atoms with E-state index in [0.717, 1.165) is 18.5 Å². The summed E-state index contributed by atoms with van der Waals surface area (Å²) in [6, 6.07) is 4.14. The van der Waals surface area contributed by atoms with Crippen LogP contribution in [-0.2, 0) is 0 Å². The van der Waals surface area contributed by atoms with Crippen LogP contribution in [0.2, 0.25) is 0 Å². The summed E-state index contributed by atoms with van der Waals surface area (Å²) < 4.78 is 5.66. The third kappa shape index (κ3) is 2.57. The second kappa shape index (κ2) is 5.95. The summed E-state index contributed by atoms with van der Waals surface area (Å²) in [6.45, 7) is 6.26. The number of rotatable bonds is 2. The highest BCUT2D eigenvalue weighted by Crippen LogP contribution is 2.32. The molecule has 5 heterocycles. The molecule has 124 valence electrons. The fourth-order valence-corrected chi connectivity index (χ4v) is 4.01. The monoisotopic (exact) mass is 323 g/mol. The number of fused-ring (bicyclic) bond motifs is 4. The number of amides is 1. The van der Waals surface area contributed by atoms with Crippen LogP contribution in [0.5, 0.6) is 0 Å². The first-order valence-electron chi connectivity index (χ1n) is 8.53. The summed E-state index contributed by atoms with van der Waals surface area (Å²) >= 11 is 0. The number of furan rings is 1. The molecule has 2 aromatic rings. The maximum absolute atomic E-state index is 12.6. The minimum absolute atomic E-state index is 0.123. The fraction of sp³-hybridized carbons (Fsp3) is 0.474.